The molecule has 0 aromatic carbocycles. The first-order valence-electron chi connectivity index (χ1n) is 5.68. The minimum Gasteiger partial charge on any atom is -0.468 e. The number of thioether (sulfide) groups is 1. The second-order valence-corrected chi connectivity index (χ2v) is 5.14. The Bertz CT molecular complexity index is 209. The van der Waals surface area contributed by atoms with Gasteiger partial charge in [0, 0.05) is 18.9 Å². The Morgan fingerprint density at radius 2 is 2.19 bits per heavy atom. The third-order valence-electron chi connectivity index (χ3n) is 2.48. The molecule has 0 saturated heterocycles. The molecule has 5 heteroatoms. The van der Waals surface area contributed by atoms with Crippen molar-refractivity contribution in [1.82, 2.24) is 5.32 Å². The average Bonchev–Trinajstić information content (AvgIpc) is 3.10. The lowest BCUT2D eigenvalue weighted by molar-refractivity contribution is -0.143. The van der Waals surface area contributed by atoms with Crippen molar-refractivity contribution in [2.75, 3.05) is 32.3 Å². The molecule has 0 spiro atoms. The number of hydrogen-bond donors (Lipinski definition) is 1. The number of ether oxygens (including phenoxy) is 2. The Balaban J connectivity index is 2.13. The summed E-state index contributed by atoms with van der Waals surface area (Å²) in [5.41, 5.74) is 0. The van der Waals surface area contributed by atoms with E-state index in [1.807, 2.05) is 11.8 Å². The van der Waals surface area contributed by atoms with E-state index in [1.165, 1.54) is 20.0 Å². The minimum atomic E-state index is -0.140. The molecule has 0 bridgehead atoms. The highest BCUT2D eigenvalue weighted by atomic mass is 32.2. The fourth-order valence-corrected chi connectivity index (χ4v) is 2.28. The monoisotopic (exact) mass is 247 g/mol. The van der Waals surface area contributed by atoms with Crippen LogP contribution in [0.1, 0.15) is 19.3 Å². The molecular formula is C11H21NO3S. The van der Waals surface area contributed by atoms with Crippen LogP contribution in [0.4, 0.5) is 0 Å². The van der Waals surface area contributed by atoms with Crippen molar-refractivity contribution in [3.8, 4) is 0 Å². The quantitative estimate of drug-likeness (QED) is 0.487. The Morgan fingerprint density at radius 3 is 2.75 bits per heavy atom. The van der Waals surface area contributed by atoms with Crippen LogP contribution in [0.5, 0.6) is 0 Å². The van der Waals surface area contributed by atoms with Gasteiger partial charge in [-0.15, -0.1) is 0 Å². The SMILES string of the molecule is COCCSCCC(NC1CC1)C(=O)OC. The van der Waals surface area contributed by atoms with Crippen LogP contribution in [0, 0.1) is 0 Å². The zero-order chi connectivity index (χ0) is 11.8. The molecule has 0 aromatic rings. The third kappa shape index (κ3) is 5.72. The van der Waals surface area contributed by atoms with Gasteiger partial charge in [-0.3, -0.25) is 4.79 Å². The Hall–Kier alpha value is -0.260. The van der Waals surface area contributed by atoms with Crippen LogP contribution in [-0.4, -0.2) is 50.4 Å². The lowest BCUT2D eigenvalue weighted by atomic mass is 10.2. The van der Waals surface area contributed by atoms with Gasteiger partial charge in [-0.2, -0.15) is 11.8 Å². The maximum absolute atomic E-state index is 11.5. The number of rotatable bonds is 9. The molecule has 1 saturated carbocycles. The summed E-state index contributed by atoms with van der Waals surface area (Å²) in [5.74, 6) is 1.80. The summed E-state index contributed by atoms with van der Waals surface area (Å²) < 4.78 is 9.75. The minimum absolute atomic E-state index is 0.132. The summed E-state index contributed by atoms with van der Waals surface area (Å²) in [6.45, 7) is 0.767. The van der Waals surface area contributed by atoms with Gasteiger partial charge in [0.2, 0.25) is 0 Å². The van der Waals surface area contributed by atoms with Crippen LogP contribution < -0.4 is 5.32 Å². The summed E-state index contributed by atoms with van der Waals surface area (Å²) in [4.78, 5) is 11.5. The molecule has 1 aliphatic rings. The van der Waals surface area contributed by atoms with Crippen LogP contribution >= 0.6 is 11.8 Å². The molecule has 1 N–H and O–H groups in total. The number of carbonyl (C=O) groups excluding carboxylic acids is 1. The highest BCUT2D eigenvalue weighted by Crippen LogP contribution is 2.20. The van der Waals surface area contributed by atoms with Crippen LogP contribution in [0.3, 0.4) is 0 Å². The fraction of sp³-hybridized carbons (Fsp3) is 0.909. The van der Waals surface area contributed by atoms with E-state index in [9.17, 15) is 4.79 Å². The summed E-state index contributed by atoms with van der Waals surface area (Å²) in [6.07, 6.45) is 3.20. The Kier molecular flexibility index (Phi) is 6.84. The Morgan fingerprint density at radius 1 is 1.44 bits per heavy atom. The van der Waals surface area contributed by atoms with Gasteiger partial charge in [0.15, 0.2) is 0 Å². The maximum atomic E-state index is 11.5. The first kappa shape index (κ1) is 13.8. The normalized spacial score (nSPS) is 17.1. The highest BCUT2D eigenvalue weighted by Gasteiger charge is 2.28. The van der Waals surface area contributed by atoms with Gasteiger partial charge in [-0.1, -0.05) is 0 Å². The lowest BCUT2D eigenvalue weighted by Crippen LogP contribution is -2.39. The first-order chi connectivity index (χ1) is 7.77. The van der Waals surface area contributed by atoms with E-state index in [1.54, 1.807) is 7.11 Å². The molecule has 0 amide bonds. The molecule has 94 valence electrons. The molecule has 0 heterocycles. The number of methoxy groups -OCH3 is 2. The maximum Gasteiger partial charge on any atom is 0.322 e. The standard InChI is InChI=1S/C11H21NO3S/c1-14-6-8-16-7-5-10(11(13)15-2)12-9-3-4-9/h9-10,12H,3-8H2,1-2H3. The first-order valence-corrected chi connectivity index (χ1v) is 6.84. The number of esters is 1. The zero-order valence-electron chi connectivity index (χ0n) is 10.0. The van der Waals surface area contributed by atoms with E-state index in [2.05, 4.69) is 5.32 Å². The van der Waals surface area contributed by atoms with Crippen LogP contribution in [0.25, 0.3) is 0 Å². The van der Waals surface area contributed by atoms with Gasteiger partial charge >= 0.3 is 5.97 Å². The molecule has 0 radical (unpaired) electrons. The van der Waals surface area contributed by atoms with Gasteiger partial charge in [-0.05, 0) is 25.0 Å². The molecule has 0 aliphatic heterocycles. The summed E-state index contributed by atoms with van der Waals surface area (Å²) in [7, 11) is 3.15. The van der Waals surface area contributed by atoms with E-state index in [0.29, 0.717) is 6.04 Å². The van der Waals surface area contributed by atoms with Crippen molar-refractivity contribution in [3.63, 3.8) is 0 Å². The van der Waals surface area contributed by atoms with Crippen molar-refractivity contribution in [2.24, 2.45) is 0 Å². The summed E-state index contributed by atoms with van der Waals surface area (Å²) >= 11 is 1.81. The topological polar surface area (TPSA) is 47.6 Å². The molecule has 1 unspecified atom stereocenters. The van der Waals surface area contributed by atoms with Gasteiger partial charge in [0.1, 0.15) is 6.04 Å². The van der Waals surface area contributed by atoms with Gasteiger partial charge in [0.25, 0.3) is 0 Å². The second kappa shape index (κ2) is 7.92. The number of hydrogen-bond acceptors (Lipinski definition) is 5. The average molecular weight is 247 g/mol. The van der Waals surface area contributed by atoms with Crippen molar-refractivity contribution in [2.45, 2.75) is 31.3 Å². The van der Waals surface area contributed by atoms with Gasteiger partial charge < -0.3 is 14.8 Å². The van der Waals surface area contributed by atoms with E-state index in [-0.39, 0.29) is 12.0 Å². The van der Waals surface area contributed by atoms with E-state index < -0.39 is 0 Å². The fourth-order valence-electron chi connectivity index (χ4n) is 1.39. The molecule has 4 nitrogen and oxygen atoms in total. The molecule has 1 aliphatic carbocycles. The smallest absolute Gasteiger partial charge is 0.322 e. The number of nitrogens with one attached hydrogen (secondary N) is 1. The molecule has 1 rings (SSSR count). The molecule has 1 fully saturated rings. The van der Waals surface area contributed by atoms with E-state index in [0.717, 1.165) is 24.5 Å². The predicted molar refractivity (Wildman–Crippen MR) is 65.8 cm³/mol. The highest BCUT2D eigenvalue weighted by molar-refractivity contribution is 7.99. The van der Waals surface area contributed by atoms with Crippen molar-refractivity contribution >= 4 is 17.7 Å². The predicted octanol–water partition coefficient (Wildman–Crippen LogP) is 1.05. The summed E-state index contributed by atoms with van der Waals surface area (Å²) in [6, 6.07) is 0.403. The van der Waals surface area contributed by atoms with Gasteiger partial charge in [-0.25, -0.2) is 0 Å². The number of carbonyl (C=O) groups is 1. The lowest BCUT2D eigenvalue weighted by Gasteiger charge is -2.15. The van der Waals surface area contributed by atoms with Crippen molar-refractivity contribution < 1.29 is 14.3 Å². The van der Waals surface area contributed by atoms with Crippen LogP contribution in [-0.2, 0) is 14.3 Å². The van der Waals surface area contributed by atoms with Crippen molar-refractivity contribution in [1.29, 1.82) is 0 Å². The second-order valence-electron chi connectivity index (χ2n) is 3.91. The van der Waals surface area contributed by atoms with Crippen LogP contribution in [0.2, 0.25) is 0 Å². The van der Waals surface area contributed by atoms with Gasteiger partial charge in [0.05, 0.1) is 13.7 Å². The zero-order valence-corrected chi connectivity index (χ0v) is 10.8. The Labute approximate surface area is 101 Å². The third-order valence-corrected chi connectivity index (χ3v) is 3.46. The largest absolute Gasteiger partial charge is 0.468 e. The molecular weight excluding hydrogens is 226 g/mol. The molecule has 16 heavy (non-hydrogen) atoms. The van der Waals surface area contributed by atoms with Crippen molar-refractivity contribution in [3.05, 3.63) is 0 Å². The van der Waals surface area contributed by atoms with Crippen LogP contribution in [0.15, 0.2) is 0 Å². The molecule has 1 atom stereocenters. The molecule has 0 aromatic heterocycles. The summed E-state index contributed by atoms with van der Waals surface area (Å²) in [5, 5.41) is 3.31. The van der Waals surface area contributed by atoms with E-state index in [4.69, 9.17) is 9.47 Å². The van der Waals surface area contributed by atoms with E-state index >= 15 is 0 Å².